The molecule has 0 aliphatic rings. The van der Waals surface area contributed by atoms with Gasteiger partial charge in [-0.15, -0.1) is 0 Å². The van der Waals surface area contributed by atoms with Gasteiger partial charge in [0.2, 0.25) is 0 Å². The lowest BCUT2D eigenvalue weighted by molar-refractivity contribution is 0.0935. The Hall–Kier alpha value is -2.14. The molecule has 5 nitrogen and oxygen atoms in total. The number of nitrogens with zero attached hydrogens (tertiary/aromatic N) is 2. The Morgan fingerprint density at radius 2 is 2.11 bits per heavy atom. The van der Waals surface area contributed by atoms with Gasteiger partial charge in [0.1, 0.15) is 0 Å². The molecule has 6 heteroatoms. The number of carbonyl (C=O) groups is 1. The summed E-state index contributed by atoms with van der Waals surface area (Å²) >= 11 is 5.91. The second-order valence-electron chi connectivity index (χ2n) is 4.04. The summed E-state index contributed by atoms with van der Waals surface area (Å²) in [6, 6.07) is 7.09. The first-order chi connectivity index (χ1) is 9.08. The molecule has 0 aliphatic heterocycles. The van der Waals surface area contributed by atoms with Crippen molar-refractivity contribution >= 4 is 23.3 Å². The van der Waals surface area contributed by atoms with Crippen molar-refractivity contribution in [3.8, 4) is 0 Å². The largest absolute Gasteiger partial charge is 0.382 e. The lowest BCUT2D eigenvalue weighted by Gasteiger charge is -2.14. The van der Waals surface area contributed by atoms with Gasteiger partial charge in [0.15, 0.2) is 11.5 Å². The monoisotopic (exact) mass is 276 g/mol. The molecule has 0 bridgehead atoms. The Morgan fingerprint density at radius 3 is 2.79 bits per heavy atom. The smallest absolute Gasteiger partial charge is 0.274 e. The number of nitrogens with one attached hydrogen (secondary N) is 1. The van der Waals surface area contributed by atoms with Gasteiger partial charge in [0, 0.05) is 17.4 Å². The average molecular weight is 277 g/mol. The van der Waals surface area contributed by atoms with E-state index in [1.54, 1.807) is 12.1 Å². The zero-order chi connectivity index (χ0) is 13.8. The summed E-state index contributed by atoms with van der Waals surface area (Å²) in [6.45, 7) is 1.86. The molecule has 0 spiro atoms. The zero-order valence-corrected chi connectivity index (χ0v) is 11.1. The van der Waals surface area contributed by atoms with Crippen molar-refractivity contribution in [3.05, 3.63) is 52.9 Å². The number of benzene rings is 1. The second-order valence-corrected chi connectivity index (χ2v) is 4.48. The Bertz CT molecular complexity index is 603. The quantitative estimate of drug-likeness (QED) is 0.900. The molecular weight excluding hydrogens is 264 g/mol. The normalized spacial score (nSPS) is 11.9. The fraction of sp³-hybridized carbons (Fsp3) is 0.154. The highest BCUT2D eigenvalue weighted by molar-refractivity contribution is 6.30. The van der Waals surface area contributed by atoms with E-state index < -0.39 is 0 Å². The average Bonchev–Trinajstić information content (AvgIpc) is 2.39. The predicted octanol–water partition coefficient (Wildman–Crippen LogP) is 2.20. The number of anilines is 1. The molecule has 1 atom stereocenters. The van der Waals surface area contributed by atoms with Crippen LogP contribution < -0.4 is 11.1 Å². The number of amides is 1. The van der Waals surface area contributed by atoms with Gasteiger partial charge in [0.25, 0.3) is 5.91 Å². The van der Waals surface area contributed by atoms with Gasteiger partial charge in [-0.2, -0.15) is 0 Å². The van der Waals surface area contributed by atoms with Crippen molar-refractivity contribution in [3.63, 3.8) is 0 Å². The molecule has 2 aromatic rings. The molecule has 0 unspecified atom stereocenters. The van der Waals surface area contributed by atoms with Gasteiger partial charge in [0.05, 0.1) is 6.04 Å². The number of rotatable bonds is 3. The molecule has 2 rings (SSSR count). The van der Waals surface area contributed by atoms with Crippen LogP contribution in [0.2, 0.25) is 5.02 Å². The van der Waals surface area contributed by atoms with Crippen LogP contribution in [0.3, 0.4) is 0 Å². The fourth-order valence-electron chi connectivity index (χ4n) is 1.65. The van der Waals surface area contributed by atoms with Gasteiger partial charge in [-0.3, -0.25) is 4.79 Å². The Labute approximate surface area is 115 Å². The molecule has 0 aliphatic carbocycles. The minimum atomic E-state index is -0.363. The molecule has 1 amide bonds. The topological polar surface area (TPSA) is 80.9 Å². The van der Waals surface area contributed by atoms with Crippen LogP contribution in [-0.2, 0) is 0 Å². The van der Waals surface area contributed by atoms with E-state index in [1.807, 2.05) is 19.1 Å². The number of hydrogen-bond acceptors (Lipinski definition) is 4. The molecule has 0 saturated heterocycles. The van der Waals surface area contributed by atoms with Crippen LogP contribution in [0.15, 0.2) is 36.7 Å². The van der Waals surface area contributed by atoms with E-state index in [0.29, 0.717) is 5.02 Å². The van der Waals surface area contributed by atoms with Crippen LogP contribution in [0.4, 0.5) is 5.82 Å². The summed E-state index contributed by atoms with van der Waals surface area (Å²) in [5.74, 6) is -0.253. The lowest BCUT2D eigenvalue weighted by atomic mass is 10.1. The number of carbonyl (C=O) groups excluding carboxylic acids is 1. The first kappa shape index (κ1) is 13.3. The number of nitrogens with two attached hydrogens (primary N) is 1. The fourth-order valence-corrected chi connectivity index (χ4v) is 1.85. The van der Waals surface area contributed by atoms with Gasteiger partial charge < -0.3 is 11.1 Å². The van der Waals surface area contributed by atoms with Gasteiger partial charge >= 0.3 is 0 Å². The lowest BCUT2D eigenvalue weighted by Crippen LogP contribution is -2.28. The van der Waals surface area contributed by atoms with Crippen molar-refractivity contribution in [2.45, 2.75) is 13.0 Å². The van der Waals surface area contributed by atoms with E-state index in [9.17, 15) is 4.79 Å². The van der Waals surface area contributed by atoms with Gasteiger partial charge in [-0.1, -0.05) is 23.7 Å². The predicted molar refractivity (Wildman–Crippen MR) is 73.8 cm³/mol. The van der Waals surface area contributed by atoms with Crippen LogP contribution in [-0.4, -0.2) is 15.9 Å². The maximum atomic E-state index is 12.0. The van der Waals surface area contributed by atoms with E-state index in [2.05, 4.69) is 15.3 Å². The summed E-state index contributed by atoms with van der Waals surface area (Å²) in [6.07, 6.45) is 2.86. The SMILES string of the molecule is C[C@H](NC(=O)c1nccnc1N)c1cccc(Cl)c1. The third-order valence-corrected chi connectivity index (χ3v) is 2.87. The van der Waals surface area contributed by atoms with Crippen molar-refractivity contribution in [1.82, 2.24) is 15.3 Å². The highest BCUT2D eigenvalue weighted by Crippen LogP contribution is 2.18. The van der Waals surface area contributed by atoms with Gasteiger partial charge in [-0.05, 0) is 24.6 Å². The minimum Gasteiger partial charge on any atom is -0.382 e. The molecule has 1 aromatic carbocycles. The zero-order valence-electron chi connectivity index (χ0n) is 10.3. The van der Waals surface area contributed by atoms with Crippen LogP contribution >= 0.6 is 11.6 Å². The van der Waals surface area contributed by atoms with Crippen LogP contribution in [0.1, 0.15) is 29.0 Å². The number of halogens is 1. The minimum absolute atomic E-state index is 0.110. The first-order valence-electron chi connectivity index (χ1n) is 5.70. The standard InChI is InChI=1S/C13H13ClN4O/c1-8(9-3-2-4-10(14)7-9)18-13(19)11-12(15)17-6-5-16-11/h2-8H,1H3,(H2,15,17)(H,18,19)/t8-/m0/s1. The van der Waals surface area contributed by atoms with E-state index in [0.717, 1.165) is 5.56 Å². The first-order valence-corrected chi connectivity index (χ1v) is 6.08. The molecular formula is C13H13ClN4O. The molecule has 0 saturated carbocycles. The van der Waals surface area contributed by atoms with Crippen LogP contribution in [0, 0.1) is 0 Å². The van der Waals surface area contributed by atoms with E-state index in [1.165, 1.54) is 12.4 Å². The summed E-state index contributed by atoms with van der Waals surface area (Å²) in [4.78, 5) is 19.8. The Balaban J connectivity index is 2.13. The second kappa shape index (κ2) is 5.67. The van der Waals surface area contributed by atoms with Crippen LogP contribution in [0.5, 0.6) is 0 Å². The highest BCUT2D eigenvalue weighted by atomic mass is 35.5. The molecule has 3 N–H and O–H groups in total. The summed E-state index contributed by atoms with van der Waals surface area (Å²) < 4.78 is 0. The maximum absolute atomic E-state index is 12.0. The Morgan fingerprint density at radius 1 is 1.37 bits per heavy atom. The van der Waals surface area contributed by atoms with Gasteiger partial charge in [-0.25, -0.2) is 9.97 Å². The molecule has 19 heavy (non-hydrogen) atoms. The van der Waals surface area contributed by atoms with Crippen molar-refractivity contribution in [2.75, 3.05) is 5.73 Å². The molecule has 0 radical (unpaired) electrons. The summed E-state index contributed by atoms with van der Waals surface area (Å²) in [5, 5.41) is 3.42. The van der Waals surface area contributed by atoms with E-state index >= 15 is 0 Å². The number of hydrogen-bond donors (Lipinski definition) is 2. The third kappa shape index (κ3) is 3.20. The Kier molecular flexibility index (Phi) is 3.97. The maximum Gasteiger partial charge on any atom is 0.274 e. The summed E-state index contributed by atoms with van der Waals surface area (Å²) in [7, 11) is 0. The van der Waals surface area contributed by atoms with E-state index in [-0.39, 0.29) is 23.5 Å². The summed E-state index contributed by atoms with van der Waals surface area (Å²) in [5.41, 5.74) is 6.63. The van der Waals surface area contributed by atoms with Crippen molar-refractivity contribution in [2.24, 2.45) is 0 Å². The molecule has 1 aromatic heterocycles. The number of aromatic nitrogens is 2. The third-order valence-electron chi connectivity index (χ3n) is 2.64. The van der Waals surface area contributed by atoms with Crippen molar-refractivity contribution < 1.29 is 4.79 Å². The molecule has 98 valence electrons. The molecule has 1 heterocycles. The van der Waals surface area contributed by atoms with E-state index in [4.69, 9.17) is 17.3 Å². The van der Waals surface area contributed by atoms with Crippen LogP contribution in [0.25, 0.3) is 0 Å². The number of nitrogen functional groups attached to an aromatic ring is 1. The van der Waals surface area contributed by atoms with Crippen molar-refractivity contribution in [1.29, 1.82) is 0 Å². The highest BCUT2D eigenvalue weighted by Gasteiger charge is 2.15. The molecule has 0 fully saturated rings.